The first kappa shape index (κ1) is 18.5. The summed E-state index contributed by atoms with van der Waals surface area (Å²) in [6, 6.07) is 7.07. The van der Waals surface area contributed by atoms with Crippen molar-refractivity contribution >= 4 is 11.7 Å². The number of likely N-dealkylation sites (tertiary alicyclic amines) is 1. The molecule has 1 saturated heterocycles. The minimum absolute atomic E-state index is 0.0354. The van der Waals surface area contributed by atoms with Crippen LogP contribution in [0.15, 0.2) is 24.3 Å². The number of carbonyl (C=O) groups excluding carboxylic acids is 2. The van der Waals surface area contributed by atoms with Crippen LogP contribution >= 0.6 is 0 Å². The molecule has 1 amide bonds. The van der Waals surface area contributed by atoms with Gasteiger partial charge in [0, 0.05) is 35.7 Å². The van der Waals surface area contributed by atoms with E-state index in [1.165, 1.54) is 0 Å². The number of amides is 1. The van der Waals surface area contributed by atoms with Crippen LogP contribution in [0.25, 0.3) is 0 Å². The molecule has 0 radical (unpaired) electrons. The molecule has 2 aromatic rings. The molecule has 1 atom stereocenters. The Morgan fingerprint density at radius 3 is 2.71 bits per heavy atom. The molecule has 0 unspecified atom stereocenters. The second kappa shape index (κ2) is 6.96. The Hall–Kier alpha value is -2.83. The zero-order valence-corrected chi connectivity index (χ0v) is 16.4. The van der Waals surface area contributed by atoms with E-state index in [1.54, 1.807) is 23.1 Å². The van der Waals surface area contributed by atoms with Crippen LogP contribution < -0.4 is 9.47 Å². The molecule has 28 heavy (non-hydrogen) atoms. The van der Waals surface area contributed by atoms with Crippen molar-refractivity contribution in [3.8, 4) is 11.5 Å². The molecular formula is C21H25N3O4. The van der Waals surface area contributed by atoms with Gasteiger partial charge in [0.05, 0.1) is 0 Å². The third-order valence-electron chi connectivity index (χ3n) is 5.34. The second-order valence-electron chi connectivity index (χ2n) is 8.44. The first-order valence-corrected chi connectivity index (χ1v) is 9.62. The SMILES string of the molecule is CC(C)(C)c1cc(C(=O)N2CCC[C@H](C(=O)c3ccc4c(c3)OCO4)C2)n[nH]1. The molecule has 4 rings (SSSR count). The van der Waals surface area contributed by atoms with Crippen LogP contribution in [-0.2, 0) is 5.41 Å². The van der Waals surface area contributed by atoms with Crippen molar-refractivity contribution in [1.29, 1.82) is 0 Å². The van der Waals surface area contributed by atoms with Crippen molar-refractivity contribution in [3.63, 3.8) is 0 Å². The number of fused-ring (bicyclic) bond motifs is 1. The van der Waals surface area contributed by atoms with Gasteiger partial charge in [-0.05, 0) is 37.1 Å². The molecule has 0 saturated carbocycles. The van der Waals surface area contributed by atoms with Gasteiger partial charge in [0.15, 0.2) is 17.3 Å². The molecule has 0 aliphatic carbocycles. The van der Waals surface area contributed by atoms with Crippen molar-refractivity contribution in [1.82, 2.24) is 15.1 Å². The van der Waals surface area contributed by atoms with Crippen molar-refractivity contribution < 1.29 is 19.1 Å². The van der Waals surface area contributed by atoms with E-state index in [0.29, 0.717) is 35.8 Å². The van der Waals surface area contributed by atoms with Gasteiger partial charge < -0.3 is 14.4 Å². The Kier molecular flexibility index (Phi) is 4.61. The van der Waals surface area contributed by atoms with Crippen LogP contribution in [0.4, 0.5) is 0 Å². The normalized spacial score (nSPS) is 19.0. The quantitative estimate of drug-likeness (QED) is 0.823. The third-order valence-corrected chi connectivity index (χ3v) is 5.34. The summed E-state index contributed by atoms with van der Waals surface area (Å²) < 4.78 is 10.7. The molecule has 1 N–H and O–H groups in total. The summed E-state index contributed by atoms with van der Waals surface area (Å²) in [6.45, 7) is 7.42. The van der Waals surface area contributed by atoms with Crippen LogP contribution in [0.2, 0.25) is 0 Å². The van der Waals surface area contributed by atoms with E-state index in [2.05, 4.69) is 31.0 Å². The molecule has 3 heterocycles. The third kappa shape index (κ3) is 3.48. The monoisotopic (exact) mass is 383 g/mol. The molecule has 1 aromatic carbocycles. The van der Waals surface area contributed by atoms with Gasteiger partial charge in [-0.25, -0.2) is 0 Å². The highest BCUT2D eigenvalue weighted by molar-refractivity contribution is 5.99. The maximum atomic E-state index is 13.0. The van der Waals surface area contributed by atoms with E-state index < -0.39 is 0 Å². The number of aromatic nitrogens is 2. The summed E-state index contributed by atoms with van der Waals surface area (Å²) in [6.07, 6.45) is 1.56. The lowest BCUT2D eigenvalue weighted by Gasteiger charge is -2.31. The van der Waals surface area contributed by atoms with Gasteiger partial charge in [-0.3, -0.25) is 14.7 Å². The van der Waals surface area contributed by atoms with Crippen molar-refractivity contribution in [3.05, 3.63) is 41.2 Å². The van der Waals surface area contributed by atoms with Crippen molar-refractivity contribution in [2.24, 2.45) is 5.92 Å². The molecule has 7 nitrogen and oxygen atoms in total. The van der Waals surface area contributed by atoms with E-state index in [0.717, 1.165) is 18.5 Å². The maximum Gasteiger partial charge on any atom is 0.274 e. The fourth-order valence-electron chi connectivity index (χ4n) is 3.64. The number of rotatable bonds is 3. The minimum atomic E-state index is -0.223. The minimum Gasteiger partial charge on any atom is -0.454 e. The molecular weight excluding hydrogens is 358 g/mol. The maximum absolute atomic E-state index is 13.0. The average Bonchev–Trinajstić information content (AvgIpc) is 3.35. The number of hydrogen-bond donors (Lipinski definition) is 1. The number of nitrogens with one attached hydrogen (secondary N) is 1. The van der Waals surface area contributed by atoms with Crippen LogP contribution in [0.5, 0.6) is 11.5 Å². The van der Waals surface area contributed by atoms with Crippen molar-refractivity contribution in [2.75, 3.05) is 19.9 Å². The lowest BCUT2D eigenvalue weighted by molar-refractivity contribution is 0.0632. The summed E-state index contributed by atoms with van der Waals surface area (Å²) in [5, 5.41) is 7.15. The Balaban J connectivity index is 1.47. The molecule has 1 aromatic heterocycles. The largest absolute Gasteiger partial charge is 0.454 e. The van der Waals surface area contributed by atoms with E-state index in [9.17, 15) is 9.59 Å². The average molecular weight is 383 g/mol. The van der Waals surface area contributed by atoms with Gasteiger partial charge in [0.25, 0.3) is 5.91 Å². The number of carbonyl (C=O) groups is 2. The molecule has 0 spiro atoms. The summed E-state index contributed by atoms with van der Waals surface area (Å²) in [7, 11) is 0. The number of hydrogen-bond acceptors (Lipinski definition) is 5. The predicted molar refractivity (Wildman–Crippen MR) is 103 cm³/mol. The van der Waals surface area contributed by atoms with Crippen LogP contribution in [0.3, 0.4) is 0 Å². The van der Waals surface area contributed by atoms with Gasteiger partial charge in [0.1, 0.15) is 5.69 Å². The van der Waals surface area contributed by atoms with E-state index in [1.807, 2.05) is 6.07 Å². The lowest BCUT2D eigenvalue weighted by atomic mass is 9.89. The second-order valence-corrected chi connectivity index (χ2v) is 8.44. The Labute approximate surface area is 164 Å². The number of H-pyrrole nitrogens is 1. The number of nitrogens with zero attached hydrogens (tertiary/aromatic N) is 2. The Morgan fingerprint density at radius 2 is 1.96 bits per heavy atom. The zero-order chi connectivity index (χ0) is 19.9. The number of aromatic amines is 1. The first-order valence-electron chi connectivity index (χ1n) is 9.62. The smallest absolute Gasteiger partial charge is 0.274 e. The number of piperidine rings is 1. The first-order chi connectivity index (χ1) is 13.3. The van der Waals surface area contributed by atoms with E-state index in [4.69, 9.17) is 9.47 Å². The standard InChI is InChI=1S/C21H25N3O4/c1-21(2,3)18-10-15(22-23-18)20(26)24-8-4-5-14(11-24)19(25)13-6-7-16-17(9-13)28-12-27-16/h6-7,9-10,14H,4-5,8,11-12H2,1-3H3,(H,22,23)/t14-/m0/s1. The molecule has 2 aliphatic rings. The molecule has 148 valence electrons. The van der Waals surface area contributed by atoms with E-state index >= 15 is 0 Å². The van der Waals surface area contributed by atoms with Crippen LogP contribution in [0, 0.1) is 5.92 Å². The summed E-state index contributed by atoms with van der Waals surface area (Å²) in [5.41, 5.74) is 1.81. The summed E-state index contributed by atoms with van der Waals surface area (Å²) in [5.74, 6) is 0.938. The topological polar surface area (TPSA) is 84.5 Å². The number of ketones is 1. The van der Waals surface area contributed by atoms with Gasteiger partial charge in [-0.2, -0.15) is 5.10 Å². The fourth-order valence-corrected chi connectivity index (χ4v) is 3.64. The summed E-state index contributed by atoms with van der Waals surface area (Å²) in [4.78, 5) is 27.6. The lowest BCUT2D eigenvalue weighted by Crippen LogP contribution is -2.42. The van der Waals surface area contributed by atoms with Crippen LogP contribution in [-0.4, -0.2) is 46.7 Å². The number of Topliss-reactive ketones (excluding diaryl/α,β-unsaturated/α-hetero) is 1. The number of ether oxygens (including phenoxy) is 2. The van der Waals surface area contributed by atoms with Gasteiger partial charge in [-0.1, -0.05) is 20.8 Å². The molecule has 7 heteroatoms. The predicted octanol–water partition coefficient (Wildman–Crippen LogP) is 3.17. The highest BCUT2D eigenvalue weighted by Crippen LogP contribution is 2.34. The van der Waals surface area contributed by atoms with Crippen LogP contribution in [0.1, 0.15) is 60.2 Å². The van der Waals surface area contributed by atoms with Gasteiger partial charge in [-0.15, -0.1) is 0 Å². The molecule has 0 bridgehead atoms. The van der Waals surface area contributed by atoms with Gasteiger partial charge in [0.2, 0.25) is 6.79 Å². The Bertz CT molecular complexity index is 913. The van der Waals surface area contributed by atoms with Crippen molar-refractivity contribution in [2.45, 2.75) is 39.0 Å². The zero-order valence-electron chi connectivity index (χ0n) is 16.4. The fraction of sp³-hybridized carbons (Fsp3) is 0.476. The number of benzene rings is 1. The van der Waals surface area contributed by atoms with Gasteiger partial charge >= 0.3 is 0 Å². The highest BCUT2D eigenvalue weighted by Gasteiger charge is 2.31. The summed E-state index contributed by atoms with van der Waals surface area (Å²) >= 11 is 0. The molecule has 1 fully saturated rings. The highest BCUT2D eigenvalue weighted by atomic mass is 16.7. The Morgan fingerprint density at radius 1 is 1.18 bits per heavy atom. The molecule has 2 aliphatic heterocycles. The van der Waals surface area contributed by atoms with E-state index in [-0.39, 0.29) is 29.8 Å².